The van der Waals surface area contributed by atoms with E-state index in [9.17, 15) is 9.90 Å². The molecule has 24 heavy (non-hydrogen) atoms. The standard InChI is InChI=1S/C18H17N3O2S/c1-11-4-6-12(7-5-11)16-14(9-15(22)23)17(21-18(24)20-16)13-3-2-8-19-10-13/h2-8,10,17H,9H2,1H3,(H,22,23)(H2,20,21,24). The summed E-state index contributed by atoms with van der Waals surface area (Å²) in [6.45, 7) is 2.01. The van der Waals surface area contributed by atoms with Crippen LogP contribution in [0.5, 0.6) is 0 Å². The maximum atomic E-state index is 11.4. The number of nitrogens with one attached hydrogen (secondary N) is 2. The van der Waals surface area contributed by atoms with Gasteiger partial charge in [0.05, 0.1) is 12.5 Å². The van der Waals surface area contributed by atoms with Gasteiger partial charge in [0.25, 0.3) is 0 Å². The van der Waals surface area contributed by atoms with Crippen LogP contribution in [0.1, 0.15) is 29.2 Å². The molecule has 122 valence electrons. The number of benzene rings is 1. The van der Waals surface area contributed by atoms with E-state index in [0.717, 1.165) is 28.0 Å². The van der Waals surface area contributed by atoms with Gasteiger partial charge in [-0.1, -0.05) is 35.9 Å². The number of rotatable bonds is 4. The number of thiocarbonyl (C=S) groups is 1. The molecule has 0 amide bonds. The fourth-order valence-electron chi connectivity index (χ4n) is 2.75. The zero-order valence-corrected chi connectivity index (χ0v) is 13.9. The highest BCUT2D eigenvalue weighted by atomic mass is 32.1. The highest BCUT2D eigenvalue weighted by Crippen LogP contribution is 2.32. The maximum Gasteiger partial charge on any atom is 0.307 e. The number of pyridine rings is 1. The molecule has 1 aromatic carbocycles. The molecular weight excluding hydrogens is 322 g/mol. The number of aliphatic carboxylic acids is 1. The van der Waals surface area contributed by atoms with Crippen molar-refractivity contribution >= 4 is 29.0 Å². The maximum absolute atomic E-state index is 11.4. The Morgan fingerprint density at radius 3 is 2.67 bits per heavy atom. The Bertz CT molecular complexity index is 801. The second kappa shape index (κ2) is 6.80. The minimum Gasteiger partial charge on any atom is -0.481 e. The summed E-state index contributed by atoms with van der Waals surface area (Å²) in [4.78, 5) is 15.6. The van der Waals surface area contributed by atoms with Gasteiger partial charge in [0, 0.05) is 18.1 Å². The number of carboxylic acids is 1. The van der Waals surface area contributed by atoms with Gasteiger partial charge in [0.15, 0.2) is 5.11 Å². The Kier molecular flexibility index (Phi) is 4.57. The molecule has 0 bridgehead atoms. The summed E-state index contributed by atoms with van der Waals surface area (Å²) >= 11 is 5.33. The molecule has 0 saturated heterocycles. The summed E-state index contributed by atoms with van der Waals surface area (Å²) in [5, 5.41) is 16.1. The van der Waals surface area contributed by atoms with Crippen molar-refractivity contribution in [3.63, 3.8) is 0 Å². The molecule has 1 aliphatic heterocycles. The van der Waals surface area contributed by atoms with Crippen LogP contribution in [0.2, 0.25) is 0 Å². The SMILES string of the molecule is Cc1ccc(C2=C(CC(=O)O)C(c3cccnc3)NC(=S)N2)cc1. The highest BCUT2D eigenvalue weighted by Gasteiger charge is 2.28. The van der Waals surface area contributed by atoms with E-state index >= 15 is 0 Å². The Balaban J connectivity index is 2.14. The first kappa shape index (κ1) is 16.1. The largest absolute Gasteiger partial charge is 0.481 e. The van der Waals surface area contributed by atoms with Gasteiger partial charge in [0.1, 0.15) is 0 Å². The van der Waals surface area contributed by atoms with Crippen molar-refractivity contribution < 1.29 is 9.90 Å². The number of aromatic nitrogens is 1. The van der Waals surface area contributed by atoms with Gasteiger partial charge in [-0.05, 0) is 41.9 Å². The van der Waals surface area contributed by atoms with Gasteiger partial charge < -0.3 is 15.7 Å². The van der Waals surface area contributed by atoms with Crippen LogP contribution < -0.4 is 10.6 Å². The molecule has 5 nitrogen and oxygen atoms in total. The van der Waals surface area contributed by atoms with Gasteiger partial charge in [-0.15, -0.1) is 0 Å². The molecule has 2 aromatic rings. The number of hydrogen-bond acceptors (Lipinski definition) is 3. The monoisotopic (exact) mass is 339 g/mol. The number of nitrogens with zero attached hydrogens (tertiary/aromatic N) is 1. The molecule has 0 spiro atoms. The lowest BCUT2D eigenvalue weighted by Gasteiger charge is -2.31. The van der Waals surface area contributed by atoms with Crippen molar-refractivity contribution in [3.8, 4) is 0 Å². The number of hydrogen-bond donors (Lipinski definition) is 3. The zero-order chi connectivity index (χ0) is 17.1. The number of carbonyl (C=O) groups is 1. The smallest absolute Gasteiger partial charge is 0.307 e. The van der Waals surface area contributed by atoms with Crippen molar-refractivity contribution in [1.82, 2.24) is 15.6 Å². The van der Waals surface area contributed by atoms with Gasteiger partial charge in [-0.25, -0.2) is 0 Å². The van der Waals surface area contributed by atoms with Gasteiger partial charge >= 0.3 is 5.97 Å². The Hall–Kier alpha value is -2.73. The van der Waals surface area contributed by atoms with Crippen LogP contribution in [-0.4, -0.2) is 21.2 Å². The second-order valence-corrected chi connectivity index (χ2v) is 6.06. The lowest BCUT2D eigenvalue weighted by atomic mass is 9.91. The van der Waals surface area contributed by atoms with Crippen molar-refractivity contribution in [3.05, 3.63) is 71.1 Å². The zero-order valence-electron chi connectivity index (χ0n) is 13.1. The molecule has 0 radical (unpaired) electrons. The van der Waals surface area contributed by atoms with E-state index in [-0.39, 0.29) is 12.5 Å². The third-order valence-electron chi connectivity index (χ3n) is 3.88. The Morgan fingerprint density at radius 2 is 2.04 bits per heavy atom. The molecular formula is C18H17N3O2S. The molecule has 3 N–H and O–H groups in total. The summed E-state index contributed by atoms with van der Waals surface area (Å²) in [5.41, 5.74) is 4.40. The molecule has 1 aromatic heterocycles. The van der Waals surface area contributed by atoms with Crippen LogP contribution in [-0.2, 0) is 4.79 Å². The average molecular weight is 339 g/mol. The quantitative estimate of drug-likeness (QED) is 0.744. The van der Waals surface area contributed by atoms with Crippen molar-refractivity contribution in [1.29, 1.82) is 0 Å². The lowest BCUT2D eigenvalue weighted by molar-refractivity contribution is -0.136. The second-order valence-electron chi connectivity index (χ2n) is 5.65. The van der Waals surface area contributed by atoms with Crippen LogP contribution in [0.15, 0.2) is 54.4 Å². The normalized spacial score (nSPS) is 17.2. The molecule has 0 saturated carbocycles. The van der Waals surface area contributed by atoms with Crippen molar-refractivity contribution in [2.75, 3.05) is 0 Å². The predicted molar refractivity (Wildman–Crippen MR) is 96.2 cm³/mol. The summed E-state index contributed by atoms with van der Waals surface area (Å²) in [5.74, 6) is -0.889. The van der Waals surface area contributed by atoms with Crippen molar-refractivity contribution in [2.24, 2.45) is 0 Å². The molecule has 1 aliphatic rings. The number of carboxylic acid groups (broad SMARTS) is 1. The molecule has 1 unspecified atom stereocenters. The minimum absolute atomic E-state index is 0.0919. The lowest BCUT2D eigenvalue weighted by Crippen LogP contribution is -2.43. The Labute approximate surface area is 145 Å². The van der Waals surface area contributed by atoms with Crippen molar-refractivity contribution in [2.45, 2.75) is 19.4 Å². The molecule has 1 atom stereocenters. The van der Waals surface area contributed by atoms with Gasteiger partial charge in [-0.3, -0.25) is 9.78 Å². The summed E-state index contributed by atoms with van der Waals surface area (Å²) in [7, 11) is 0. The van der Waals surface area contributed by atoms with E-state index in [2.05, 4.69) is 15.6 Å². The molecule has 6 heteroatoms. The van der Waals surface area contributed by atoms with Crippen LogP contribution in [0.4, 0.5) is 0 Å². The van der Waals surface area contributed by atoms with Gasteiger partial charge in [0.2, 0.25) is 0 Å². The Morgan fingerprint density at radius 1 is 1.29 bits per heavy atom. The van der Waals surface area contributed by atoms with Crippen LogP contribution in [0.3, 0.4) is 0 Å². The first-order valence-electron chi connectivity index (χ1n) is 7.54. The topological polar surface area (TPSA) is 74.2 Å². The van der Waals surface area contributed by atoms with E-state index in [4.69, 9.17) is 12.2 Å². The van der Waals surface area contributed by atoms with E-state index in [1.807, 2.05) is 43.3 Å². The van der Waals surface area contributed by atoms with E-state index in [0.29, 0.717) is 5.11 Å². The summed E-state index contributed by atoms with van der Waals surface area (Å²) in [6, 6.07) is 11.3. The fourth-order valence-corrected chi connectivity index (χ4v) is 2.97. The van der Waals surface area contributed by atoms with Crippen LogP contribution in [0, 0.1) is 6.92 Å². The summed E-state index contributed by atoms with van der Waals surface area (Å²) < 4.78 is 0. The van der Waals surface area contributed by atoms with Crippen LogP contribution >= 0.6 is 12.2 Å². The molecule has 2 heterocycles. The minimum atomic E-state index is -0.889. The van der Waals surface area contributed by atoms with E-state index < -0.39 is 5.97 Å². The molecule has 3 rings (SSSR count). The summed E-state index contributed by atoms with van der Waals surface area (Å²) in [6.07, 6.45) is 3.32. The third kappa shape index (κ3) is 3.44. The number of aryl methyl sites for hydroxylation is 1. The molecule has 0 fully saturated rings. The highest BCUT2D eigenvalue weighted by molar-refractivity contribution is 7.80. The van der Waals surface area contributed by atoms with Crippen LogP contribution in [0.25, 0.3) is 5.70 Å². The first-order chi connectivity index (χ1) is 11.5. The van der Waals surface area contributed by atoms with E-state index in [1.165, 1.54) is 0 Å². The predicted octanol–water partition coefficient (Wildman–Crippen LogP) is 2.79. The third-order valence-corrected chi connectivity index (χ3v) is 4.10. The first-order valence-corrected chi connectivity index (χ1v) is 7.95. The average Bonchev–Trinajstić information content (AvgIpc) is 2.57. The van der Waals surface area contributed by atoms with E-state index in [1.54, 1.807) is 12.4 Å². The van der Waals surface area contributed by atoms with Gasteiger partial charge in [-0.2, -0.15) is 0 Å². The molecule has 0 aliphatic carbocycles. The fraction of sp³-hybridized carbons (Fsp3) is 0.167.